The third-order valence-electron chi connectivity index (χ3n) is 4.38. The van der Waals surface area contributed by atoms with E-state index < -0.39 is 0 Å². The quantitative estimate of drug-likeness (QED) is 0.910. The molecule has 1 atom stereocenters. The van der Waals surface area contributed by atoms with Crippen molar-refractivity contribution in [1.82, 2.24) is 10.2 Å². The third-order valence-corrected chi connectivity index (χ3v) is 4.38. The zero-order chi connectivity index (χ0) is 14.8. The molecule has 2 saturated heterocycles. The first kappa shape index (κ1) is 14.1. The van der Waals surface area contributed by atoms with Crippen molar-refractivity contribution in [3.63, 3.8) is 0 Å². The zero-order valence-electron chi connectivity index (χ0n) is 12.3. The molecular formula is C16H21N3O2. The highest BCUT2D eigenvalue weighted by atomic mass is 16.2. The highest BCUT2D eigenvalue weighted by Gasteiger charge is 2.26. The van der Waals surface area contributed by atoms with Crippen molar-refractivity contribution in [3.05, 3.63) is 29.8 Å². The van der Waals surface area contributed by atoms with Gasteiger partial charge in [0.1, 0.15) is 0 Å². The lowest BCUT2D eigenvalue weighted by molar-refractivity contribution is -0.117. The maximum absolute atomic E-state index is 12.6. The standard InChI is InChI=1S/C16H21N3O2/c1-18(14-7-8-17-11-14)16(21)12-4-2-5-13(10-12)19-9-3-6-15(19)20/h2,4-5,10,14,17H,3,6-9,11H2,1H3. The third kappa shape index (κ3) is 2.78. The predicted octanol–water partition coefficient (Wildman–Crippen LogP) is 1.25. The highest BCUT2D eigenvalue weighted by molar-refractivity contribution is 5.99. The minimum atomic E-state index is 0.0252. The van der Waals surface area contributed by atoms with Crippen molar-refractivity contribution < 1.29 is 9.59 Å². The summed E-state index contributed by atoms with van der Waals surface area (Å²) >= 11 is 0. The van der Waals surface area contributed by atoms with E-state index in [1.807, 2.05) is 36.2 Å². The van der Waals surface area contributed by atoms with Gasteiger partial charge in [0.25, 0.3) is 5.91 Å². The number of likely N-dealkylation sites (N-methyl/N-ethyl adjacent to an activating group) is 1. The molecule has 0 radical (unpaired) electrons. The maximum atomic E-state index is 12.6. The molecule has 0 spiro atoms. The molecule has 0 aromatic heterocycles. The number of amides is 2. The van der Waals surface area contributed by atoms with Gasteiger partial charge in [-0.05, 0) is 37.6 Å². The minimum Gasteiger partial charge on any atom is -0.337 e. The molecule has 3 rings (SSSR count). The van der Waals surface area contributed by atoms with Gasteiger partial charge in [-0.2, -0.15) is 0 Å². The molecule has 5 nitrogen and oxygen atoms in total. The number of nitrogens with zero attached hydrogens (tertiary/aromatic N) is 2. The number of hydrogen-bond donors (Lipinski definition) is 1. The normalized spacial score (nSPS) is 21.9. The van der Waals surface area contributed by atoms with Crippen LogP contribution in [0.5, 0.6) is 0 Å². The second kappa shape index (κ2) is 5.85. The molecule has 2 heterocycles. The Bertz CT molecular complexity index is 552. The Labute approximate surface area is 124 Å². The van der Waals surface area contributed by atoms with E-state index in [0.29, 0.717) is 12.0 Å². The summed E-state index contributed by atoms with van der Waals surface area (Å²) in [5.41, 5.74) is 1.49. The number of carbonyl (C=O) groups excluding carboxylic acids is 2. The van der Waals surface area contributed by atoms with Gasteiger partial charge in [0.15, 0.2) is 0 Å². The number of benzene rings is 1. The Kier molecular flexibility index (Phi) is 3.92. The second-order valence-corrected chi connectivity index (χ2v) is 5.76. The first-order valence-electron chi connectivity index (χ1n) is 7.55. The summed E-state index contributed by atoms with van der Waals surface area (Å²) in [6.45, 7) is 2.57. The number of anilines is 1. The smallest absolute Gasteiger partial charge is 0.253 e. The van der Waals surface area contributed by atoms with Gasteiger partial charge in [-0.25, -0.2) is 0 Å². The molecule has 1 aromatic carbocycles. The van der Waals surface area contributed by atoms with Crippen LogP contribution in [0.15, 0.2) is 24.3 Å². The molecule has 1 unspecified atom stereocenters. The van der Waals surface area contributed by atoms with Crippen LogP contribution >= 0.6 is 0 Å². The van der Waals surface area contributed by atoms with Crippen LogP contribution in [0, 0.1) is 0 Å². The summed E-state index contributed by atoms with van der Waals surface area (Å²) in [5.74, 6) is 0.171. The molecule has 21 heavy (non-hydrogen) atoms. The Hall–Kier alpha value is -1.88. The van der Waals surface area contributed by atoms with Crippen molar-refractivity contribution in [2.45, 2.75) is 25.3 Å². The Morgan fingerprint density at radius 2 is 2.29 bits per heavy atom. The van der Waals surface area contributed by atoms with Crippen molar-refractivity contribution in [2.75, 3.05) is 31.6 Å². The molecular weight excluding hydrogens is 266 g/mol. The first-order chi connectivity index (χ1) is 10.2. The van der Waals surface area contributed by atoms with Crippen LogP contribution in [0.3, 0.4) is 0 Å². The van der Waals surface area contributed by atoms with Crippen molar-refractivity contribution in [3.8, 4) is 0 Å². The van der Waals surface area contributed by atoms with Gasteiger partial charge in [0, 0.05) is 43.9 Å². The van der Waals surface area contributed by atoms with Gasteiger partial charge in [-0.1, -0.05) is 6.07 Å². The van der Waals surface area contributed by atoms with E-state index in [-0.39, 0.29) is 17.9 Å². The topological polar surface area (TPSA) is 52.7 Å². The molecule has 1 N–H and O–H groups in total. The van der Waals surface area contributed by atoms with Crippen LogP contribution < -0.4 is 10.2 Å². The van der Waals surface area contributed by atoms with E-state index in [9.17, 15) is 9.59 Å². The lowest BCUT2D eigenvalue weighted by atomic mass is 10.1. The van der Waals surface area contributed by atoms with Crippen molar-refractivity contribution in [2.24, 2.45) is 0 Å². The van der Waals surface area contributed by atoms with Gasteiger partial charge in [0.2, 0.25) is 5.91 Å². The molecule has 2 fully saturated rings. The van der Waals surface area contributed by atoms with Gasteiger partial charge in [0.05, 0.1) is 0 Å². The van der Waals surface area contributed by atoms with E-state index in [2.05, 4.69) is 5.32 Å². The molecule has 2 amide bonds. The van der Waals surface area contributed by atoms with Gasteiger partial charge in [-0.15, -0.1) is 0 Å². The number of hydrogen-bond acceptors (Lipinski definition) is 3. The summed E-state index contributed by atoms with van der Waals surface area (Å²) in [6.07, 6.45) is 2.49. The molecule has 112 valence electrons. The molecule has 0 aliphatic carbocycles. The average molecular weight is 287 g/mol. The maximum Gasteiger partial charge on any atom is 0.253 e. The van der Waals surface area contributed by atoms with Gasteiger partial charge >= 0.3 is 0 Å². The van der Waals surface area contributed by atoms with E-state index >= 15 is 0 Å². The van der Waals surface area contributed by atoms with Crippen molar-refractivity contribution >= 4 is 17.5 Å². The molecule has 2 aliphatic rings. The fourth-order valence-electron chi connectivity index (χ4n) is 3.07. The second-order valence-electron chi connectivity index (χ2n) is 5.76. The number of nitrogens with one attached hydrogen (secondary N) is 1. The Morgan fingerprint density at radius 3 is 2.95 bits per heavy atom. The van der Waals surface area contributed by atoms with E-state index in [1.165, 1.54) is 0 Å². The van der Waals surface area contributed by atoms with Crippen LogP contribution in [0.2, 0.25) is 0 Å². The van der Waals surface area contributed by atoms with E-state index in [4.69, 9.17) is 0 Å². The molecule has 0 saturated carbocycles. The van der Waals surface area contributed by atoms with Crippen LogP contribution in [-0.4, -0.2) is 49.4 Å². The lowest BCUT2D eigenvalue weighted by Gasteiger charge is -2.24. The fourth-order valence-corrected chi connectivity index (χ4v) is 3.07. The fraction of sp³-hybridized carbons (Fsp3) is 0.500. The molecule has 0 bridgehead atoms. The zero-order valence-corrected chi connectivity index (χ0v) is 12.3. The average Bonchev–Trinajstić information content (AvgIpc) is 3.17. The molecule has 5 heteroatoms. The Morgan fingerprint density at radius 1 is 1.43 bits per heavy atom. The number of carbonyl (C=O) groups is 2. The first-order valence-corrected chi connectivity index (χ1v) is 7.55. The summed E-state index contributed by atoms with van der Waals surface area (Å²) in [5, 5.41) is 3.27. The summed E-state index contributed by atoms with van der Waals surface area (Å²) in [6, 6.07) is 7.68. The summed E-state index contributed by atoms with van der Waals surface area (Å²) in [7, 11) is 1.85. The van der Waals surface area contributed by atoms with Crippen LogP contribution in [0.25, 0.3) is 0 Å². The highest BCUT2D eigenvalue weighted by Crippen LogP contribution is 2.23. The number of rotatable bonds is 3. The van der Waals surface area contributed by atoms with Crippen LogP contribution in [-0.2, 0) is 4.79 Å². The SMILES string of the molecule is CN(C(=O)c1cccc(N2CCCC2=O)c1)C1CCNC1. The minimum absolute atomic E-state index is 0.0252. The summed E-state index contributed by atoms with van der Waals surface area (Å²) < 4.78 is 0. The monoisotopic (exact) mass is 287 g/mol. The summed E-state index contributed by atoms with van der Waals surface area (Å²) in [4.78, 5) is 28.0. The van der Waals surface area contributed by atoms with E-state index in [1.54, 1.807) is 4.90 Å². The largest absolute Gasteiger partial charge is 0.337 e. The predicted molar refractivity (Wildman–Crippen MR) is 81.4 cm³/mol. The Balaban J connectivity index is 1.78. The van der Waals surface area contributed by atoms with Gasteiger partial charge < -0.3 is 15.1 Å². The van der Waals surface area contributed by atoms with Gasteiger partial charge in [-0.3, -0.25) is 9.59 Å². The van der Waals surface area contributed by atoms with E-state index in [0.717, 1.165) is 38.2 Å². The molecule has 2 aliphatic heterocycles. The van der Waals surface area contributed by atoms with Crippen LogP contribution in [0.4, 0.5) is 5.69 Å². The lowest BCUT2D eigenvalue weighted by Crippen LogP contribution is -2.38. The molecule has 1 aromatic rings. The van der Waals surface area contributed by atoms with Crippen molar-refractivity contribution in [1.29, 1.82) is 0 Å². The van der Waals surface area contributed by atoms with Crippen LogP contribution in [0.1, 0.15) is 29.6 Å².